The van der Waals surface area contributed by atoms with Crippen molar-refractivity contribution in [3.63, 3.8) is 0 Å². The second-order valence-electron chi connectivity index (χ2n) is 6.13. The summed E-state index contributed by atoms with van der Waals surface area (Å²) in [5.41, 5.74) is -0.316. The van der Waals surface area contributed by atoms with Crippen molar-refractivity contribution >= 4 is 11.6 Å². The Morgan fingerprint density at radius 2 is 1.77 bits per heavy atom. The minimum absolute atomic E-state index is 0.149. The third-order valence-electron chi connectivity index (χ3n) is 4.40. The van der Waals surface area contributed by atoms with E-state index < -0.39 is 11.7 Å². The normalized spacial score (nSPS) is 23.9. The number of benzene rings is 1. The lowest BCUT2D eigenvalue weighted by atomic mass is 9.98. The van der Waals surface area contributed by atoms with E-state index >= 15 is 0 Å². The number of halogens is 3. The molecule has 1 amide bonds. The number of hydrogen-bond acceptors (Lipinski definition) is 1. The fourth-order valence-electron chi connectivity index (χ4n) is 2.74. The zero-order chi connectivity index (χ0) is 16.3. The third kappa shape index (κ3) is 4.22. The number of carbonyl (C=O) groups excluding carboxylic acids is 1. The molecule has 1 saturated heterocycles. The summed E-state index contributed by atoms with van der Waals surface area (Å²) in [5, 5.41) is 2.70. The van der Waals surface area contributed by atoms with Gasteiger partial charge in [-0.1, -0.05) is 6.92 Å². The van der Waals surface area contributed by atoms with Gasteiger partial charge in [0.05, 0.1) is 18.7 Å². The Hall–Kier alpha value is -1.56. The van der Waals surface area contributed by atoms with E-state index in [4.69, 9.17) is 0 Å². The van der Waals surface area contributed by atoms with Crippen molar-refractivity contribution in [3.8, 4) is 0 Å². The number of carbonyl (C=O) groups is 1. The molecular formula is C16H22F3N2O+. The molecule has 0 spiro atoms. The van der Waals surface area contributed by atoms with Gasteiger partial charge in [-0.25, -0.2) is 0 Å². The second-order valence-corrected chi connectivity index (χ2v) is 6.13. The van der Waals surface area contributed by atoms with E-state index in [1.807, 2.05) is 6.92 Å². The fraction of sp³-hybridized carbons (Fsp3) is 0.562. The minimum atomic E-state index is -4.36. The summed E-state index contributed by atoms with van der Waals surface area (Å²) >= 11 is 0. The average Bonchev–Trinajstić information content (AvgIpc) is 2.47. The van der Waals surface area contributed by atoms with Gasteiger partial charge in [-0.15, -0.1) is 0 Å². The van der Waals surface area contributed by atoms with Crippen LogP contribution in [0.25, 0.3) is 0 Å². The number of nitrogens with one attached hydrogen (secondary N) is 2. The Bertz CT molecular complexity index is 505. The first-order valence-electron chi connectivity index (χ1n) is 7.60. The first-order valence-corrected chi connectivity index (χ1v) is 7.60. The molecule has 0 aromatic heterocycles. The Labute approximate surface area is 128 Å². The highest BCUT2D eigenvalue weighted by atomic mass is 19.4. The largest absolute Gasteiger partial charge is 0.416 e. The van der Waals surface area contributed by atoms with Crippen molar-refractivity contribution in [1.82, 2.24) is 0 Å². The van der Waals surface area contributed by atoms with E-state index in [0.717, 1.165) is 38.1 Å². The number of rotatable bonds is 3. The fourth-order valence-corrected chi connectivity index (χ4v) is 2.74. The molecule has 1 aliphatic heterocycles. The first kappa shape index (κ1) is 16.8. The molecule has 22 heavy (non-hydrogen) atoms. The molecule has 0 saturated carbocycles. The summed E-state index contributed by atoms with van der Waals surface area (Å²) in [6.07, 6.45) is -2.15. The van der Waals surface area contributed by atoms with E-state index in [0.29, 0.717) is 11.6 Å². The Morgan fingerprint density at radius 3 is 2.27 bits per heavy atom. The number of amides is 1. The maximum atomic E-state index is 12.5. The summed E-state index contributed by atoms with van der Waals surface area (Å²) in [6.45, 7) is 6.00. The monoisotopic (exact) mass is 315 g/mol. The summed E-state index contributed by atoms with van der Waals surface area (Å²) in [5.74, 6) is 0.554. The second kappa shape index (κ2) is 6.69. The van der Waals surface area contributed by atoms with Crippen LogP contribution in [0.2, 0.25) is 0 Å². The van der Waals surface area contributed by atoms with Crippen LogP contribution in [-0.2, 0) is 11.0 Å². The summed E-state index contributed by atoms with van der Waals surface area (Å²) in [7, 11) is 0. The van der Waals surface area contributed by atoms with Gasteiger partial charge in [0, 0.05) is 5.69 Å². The van der Waals surface area contributed by atoms with Crippen LogP contribution in [0, 0.1) is 5.92 Å². The Kier molecular flexibility index (Phi) is 5.11. The molecule has 0 radical (unpaired) electrons. The van der Waals surface area contributed by atoms with Crippen molar-refractivity contribution in [2.45, 2.75) is 38.9 Å². The van der Waals surface area contributed by atoms with E-state index in [2.05, 4.69) is 12.2 Å². The molecule has 3 nitrogen and oxygen atoms in total. The molecule has 1 aromatic rings. The molecule has 1 aromatic carbocycles. The zero-order valence-corrected chi connectivity index (χ0v) is 12.8. The van der Waals surface area contributed by atoms with Gasteiger partial charge < -0.3 is 10.2 Å². The van der Waals surface area contributed by atoms with Crippen LogP contribution >= 0.6 is 0 Å². The highest BCUT2D eigenvalue weighted by Crippen LogP contribution is 2.29. The first-order chi connectivity index (χ1) is 10.3. The molecule has 0 bridgehead atoms. The summed E-state index contributed by atoms with van der Waals surface area (Å²) in [6, 6.07) is 4.35. The van der Waals surface area contributed by atoms with Gasteiger partial charge in [0.25, 0.3) is 5.91 Å². The lowest BCUT2D eigenvalue weighted by Gasteiger charge is -2.31. The minimum Gasteiger partial charge on any atom is -0.325 e. The predicted molar refractivity (Wildman–Crippen MR) is 78.6 cm³/mol. The molecule has 6 heteroatoms. The van der Waals surface area contributed by atoms with E-state index in [9.17, 15) is 18.0 Å². The average molecular weight is 315 g/mol. The number of likely N-dealkylation sites (tertiary alicyclic amines) is 1. The van der Waals surface area contributed by atoms with Gasteiger partial charge in [-0.05, 0) is 49.9 Å². The van der Waals surface area contributed by atoms with E-state index in [1.54, 1.807) is 0 Å². The molecular weight excluding hydrogens is 293 g/mol. The van der Waals surface area contributed by atoms with Crippen molar-refractivity contribution < 1.29 is 22.9 Å². The Balaban J connectivity index is 1.94. The summed E-state index contributed by atoms with van der Waals surface area (Å²) in [4.78, 5) is 13.5. The number of anilines is 1. The van der Waals surface area contributed by atoms with E-state index in [1.165, 1.54) is 17.0 Å². The summed E-state index contributed by atoms with van der Waals surface area (Å²) < 4.78 is 37.5. The van der Waals surface area contributed by atoms with Gasteiger partial charge in [-0.2, -0.15) is 13.2 Å². The number of alkyl halides is 3. The van der Waals surface area contributed by atoms with Crippen LogP contribution in [-0.4, -0.2) is 25.0 Å². The molecule has 0 aliphatic carbocycles. The zero-order valence-electron chi connectivity index (χ0n) is 12.8. The van der Waals surface area contributed by atoms with Crippen LogP contribution < -0.4 is 10.2 Å². The molecule has 2 rings (SSSR count). The molecule has 2 N–H and O–H groups in total. The predicted octanol–water partition coefficient (Wildman–Crippen LogP) is 2.35. The SMILES string of the molecule is CC1CC[NH+]([C@@H](C)C(=O)Nc2ccc(C(F)(F)F)cc2)CC1. The topological polar surface area (TPSA) is 33.5 Å². The van der Waals surface area contributed by atoms with Crippen molar-refractivity contribution in [2.75, 3.05) is 18.4 Å². The number of hydrogen-bond donors (Lipinski definition) is 2. The smallest absolute Gasteiger partial charge is 0.325 e. The highest BCUT2D eigenvalue weighted by molar-refractivity contribution is 5.93. The van der Waals surface area contributed by atoms with Crippen LogP contribution in [0.5, 0.6) is 0 Å². The standard InChI is InChI=1S/C16H21F3N2O/c1-11-7-9-21(10-8-11)12(2)15(22)20-14-5-3-13(4-6-14)16(17,18)19/h3-6,11-12H,7-10H2,1-2H3,(H,20,22)/p+1/t12-/m0/s1. The van der Waals surface area contributed by atoms with Gasteiger partial charge in [0.1, 0.15) is 0 Å². The van der Waals surface area contributed by atoms with Gasteiger partial charge in [0.15, 0.2) is 6.04 Å². The van der Waals surface area contributed by atoms with Gasteiger partial charge in [-0.3, -0.25) is 4.79 Å². The highest BCUT2D eigenvalue weighted by Gasteiger charge is 2.31. The number of quaternary nitrogens is 1. The lowest BCUT2D eigenvalue weighted by Crippen LogP contribution is -3.17. The molecule has 122 valence electrons. The molecule has 1 aliphatic rings. The molecule has 1 heterocycles. The van der Waals surface area contributed by atoms with Crippen LogP contribution in [0.4, 0.5) is 18.9 Å². The molecule has 1 fully saturated rings. The maximum Gasteiger partial charge on any atom is 0.416 e. The lowest BCUT2D eigenvalue weighted by molar-refractivity contribution is -0.919. The number of piperidine rings is 1. The van der Waals surface area contributed by atoms with Gasteiger partial charge >= 0.3 is 6.18 Å². The van der Waals surface area contributed by atoms with Gasteiger partial charge in [0.2, 0.25) is 0 Å². The third-order valence-corrected chi connectivity index (χ3v) is 4.40. The van der Waals surface area contributed by atoms with Crippen molar-refractivity contribution in [1.29, 1.82) is 0 Å². The van der Waals surface area contributed by atoms with Crippen LogP contribution in [0.3, 0.4) is 0 Å². The molecule has 1 atom stereocenters. The molecule has 0 unspecified atom stereocenters. The van der Waals surface area contributed by atoms with Crippen LogP contribution in [0.15, 0.2) is 24.3 Å². The van der Waals surface area contributed by atoms with Crippen LogP contribution in [0.1, 0.15) is 32.3 Å². The van der Waals surface area contributed by atoms with E-state index in [-0.39, 0.29) is 11.9 Å². The Morgan fingerprint density at radius 1 is 1.23 bits per heavy atom. The quantitative estimate of drug-likeness (QED) is 0.882. The van der Waals surface area contributed by atoms with Crippen molar-refractivity contribution in [3.05, 3.63) is 29.8 Å². The van der Waals surface area contributed by atoms with Crippen molar-refractivity contribution in [2.24, 2.45) is 5.92 Å². The maximum absolute atomic E-state index is 12.5.